The molecule has 0 N–H and O–H groups in total. The summed E-state index contributed by atoms with van der Waals surface area (Å²) in [6.07, 6.45) is -1.86. The second kappa shape index (κ2) is 18.7. The molecule has 0 amide bonds. The average molecular weight is 226 g/mol. The van der Waals surface area contributed by atoms with Crippen LogP contribution < -0.4 is 113 Å². The van der Waals surface area contributed by atoms with Gasteiger partial charge in [0.05, 0.1) is 7.11 Å². The molecular weight excluding hydrogens is 218 g/mol. The first kappa shape index (κ1) is 23.7. The van der Waals surface area contributed by atoms with Crippen molar-refractivity contribution in [3.63, 3.8) is 0 Å². The van der Waals surface area contributed by atoms with Gasteiger partial charge in [-0.1, -0.05) is 6.92 Å². The predicted molar refractivity (Wildman–Crippen MR) is 27.7 cm³/mol. The Labute approximate surface area is 156 Å². The minimum absolute atomic E-state index is 0. The normalized spacial score (nSPS) is 5.83. The van der Waals surface area contributed by atoms with E-state index < -0.39 is 6.16 Å². The Morgan fingerprint density at radius 3 is 1.50 bits per heavy atom. The molecule has 0 saturated heterocycles. The van der Waals surface area contributed by atoms with Crippen molar-refractivity contribution in [2.75, 3.05) is 7.11 Å². The number of methoxy groups -OCH3 is 1. The number of rotatable bonds is 1. The van der Waals surface area contributed by atoms with Gasteiger partial charge in [-0.3, -0.25) is 4.79 Å². The van der Waals surface area contributed by atoms with Crippen molar-refractivity contribution in [3.8, 4) is 0 Å². The van der Waals surface area contributed by atoms with Gasteiger partial charge in [0, 0.05) is 6.42 Å². The monoisotopic (exact) mass is 226 g/mol. The number of hydrogen-bond donors (Lipinski definition) is 0. The van der Waals surface area contributed by atoms with Gasteiger partial charge in [-0.25, -0.2) is 0 Å². The molecule has 12 heavy (non-hydrogen) atoms. The first-order valence-corrected chi connectivity index (χ1v) is 2.49. The Bertz CT molecular complexity index is 106. The average Bonchev–Trinajstić information content (AvgIpc) is 1.85. The van der Waals surface area contributed by atoms with Gasteiger partial charge in [-0.15, -0.1) is 0 Å². The molecule has 7 heteroatoms. The first-order valence-electron chi connectivity index (χ1n) is 2.49. The number of ether oxygens (including phenoxy) is 1. The predicted octanol–water partition coefficient (Wildman–Crippen LogP) is -7.87. The number of carboxylic acid groups (broad SMARTS) is 2. The molecule has 0 spiro atoms. The molecule has 0 unspecified atom stereocenters. The van der Waals surface area contributed by atoms with E-state index in [2.05, 4.69) is 4.74 Å². The zero-order valence-electron chi connectivity index (χ0n) is 7.75. The van der Waals surface area contributed by atoms with E-state index in [-0.39, 0.29) is 109 Å². The molecule has 0 fully saturated rings. The summed E-state index contributed by atoms with van der Waals surface area (Å²) < 4.78 is 4.26. The minimum Gasteiger partial charge on any atom is -0.652 e. The van der Waals surface area contributed by atoms with E-state index in [9.17, 15) is 4.79 Å². The standard InChI is InChI=1S/C4H8O2.CH2O3.2K/c1-3-4(5)6-2;2-1(3)4;;/h3H2,1-2H3;(H2,2,3,4);;/q;;2*+1/p-2. The number of carbonyl (C=O) groups excluding carboxylic acids is 2. The van der Waals surface area contributed by atoms with E-state index in [1.54, 1.807) is 6.92 Å². The Hall–Kier alpha value is 2.01. The third kappa shape index (κ3) is 40.3. The van der Waals surface area contributed by atoms with Crippen molar-refractivity contribution >= 4 is 12.1 Å². The van der Waals surface area contributed by atoms with E-state index in [1.165, 1.54) is 7.11 Å². The van der Waals surface area contributed by atoms with Crippen molar-refractivity contribution in [2.45, 2.75) is 13.3 Å². The van der Waals surface area contributed by atoms with Crippen LogP contribution in [0.2, 0.25) is 0 Å². The van der Waals surface area contributed by atoms with E-state index in [1.807, 2.05) is 0 Å². The summed E-state index contributed by atoms with van der Waals surface area (Å²) in [5, 5.41) is 16.7. The molecule has 0 aliphatic rings. The minimum atomic E-state index is -2.33. The van der Waals surface area contributed by atoms with E-state index >= 15 is 0 Å². The molecule has 0 heterocycles. The molecular formula is C5H8K2O5. The second-order valence-electron chi connectivity index (χ2n) is 1.18. The summed E-state index contributed by atoms with van der Waals surface area (Å²) in [5.74, 6) is -0.157. The number of esters is 1. The van der Waals surface area contributed by atoms with Crippen LogP contribution in [0, 0.1) is 0 Å². The molecule has 0 aliphatic heterocycles. The van der Waals surface area contributed by atoms with Crippen LogP contribution in [0.4, 0.5) is 4.79 Å². The van der Waals surface area contributed by atoms with Gasteiger partial charge < -0.3 is 19.7 Å². The Kier molecular flexibility index (Phi) is 36.9. The van der Waals surface area contributed by atoms with Crippen molar-refractivity contribution in [3.05, 3.63) is 0 Å². The molecule has 0 aliphatic carbocycles. The second-order valence-corrected chi connectivity index (χ2v) is 1.18. The van der Waals surface area contributed by atoms with Crippen LogP contribution in [-0.4, -0.2) is 19.2 Å². The molecule has 0 aromatic carbocycles. The summed E-state index contributed by atoms with van der Waals surface area (Å²) in [6.45, 7) is 1.76. The van der Waals surface area contributed by atoms with Crippen molar-refractivity contribution in [1.82, 2.24) is 0 Å². The smallest absolute Gasteiger partial charge is 0.652 e. The Morgan fingerprint density at radius 2 is 1.50 bits per heavy atom. The Morgan fingerprint density at radius 1 is 1.25 bits per heavy atom. The number of carbonyl (C=O) groups is 2. The fourth-order valence-corrected chi connectivity index (χ4v) is 0.144. The van der Waals surface area contributed by atoms with E-state index in [0.29, 0.717) is 6.42 Å². The maximum absolute atomic E-state index is 9.96. The third-order valence-electron chi connectivity index (χ3n) is 0.516. The summed E-state index contributed by atoms with van der Waals surface area (Å²) in [4.78, 5) is 18.3. The fraction of sp³-hybridized carbons (Fsp3) is 0.600. The molecule has 0 bridgehead atoms. The van der Waals surface area contributed by atoms with Crippen LogP contribution in [-0.2, 0) is 9.53 Å². The molecule has 5 nitrogen and oxygen atoms in total. The van der Waals surface area contributed by atoms with Gasteiger partial charge >= 0.3 is 109 Å². The van der Waals surface area contributed by atoms with Crippen molar-refractivity contribution < 1.29 is 127 Å². The van der Waals surface area contributed by atoms with Crippen LogP contribution in [0.1, 0.15) is 13.3 Å². The molecule has 0 saturated carbocycles. The van der Waals surface area contributed by atoms with Gasteiger partial charge in [0.1, 0.15) is 0 Å². The van der Waals surface area contributed by atoms with Gasteiger partial charge in [0.25, 0.3) is 0 Å². The zero-order chi connectivity index (χ0) is 8.57. The molecule has 0 aromatic rings. The van der Waals surface area contributed by atoms with E-state index in [0.717, 1.165) is 0 Å². The van der Waals surface area contributed by atoms with Crippen LogP contribution in [0.5, 0.6) is 0 Å². The molecule has 0 rings (SSSR count). The maximum atomic E-state index is 9.96. The van der Waals surface area contributed by atoms with Gasteiger partial charge in [0.2, 0.25) is 0 Å². The molecule has 0 atom stereocenters. The van der Waals surface area contributed by atoms with Crippen LogP contribution in [0.15, 0.2) is 0 Å². The third-order valence-corrected chi connectivity index (χ3v) is 0.516. The number of hydrogen-bond acceptors (Lipinski definition) is 5. The fourth-order valence-electron chi connectivity index (χ4n) is 0.144. The van der Waals surface area contributed by atoms with Crippen LogP contribution in [0.3, 0.4) is 0 Å². The summed E-state index contributed by atoms with van der Waals surface area (Å²) in [7, 11) is 1.38. The maximum Gasteiger partial charge on any atom is 1.00 e. The summed E-state index contributed by atoms with van der Waals surface area (Å²) in [5.41, 5.74) is 0. The molecule has 0 radical (unpaired) electrons. The first-order chi connectivity index (χ1) is 4.54. The van der Waals surface area contributed by atoms with E-state index in [4.69, 9.17) is 15.0 Å². The molecule has 0 aromatic heterocycles. The van der Waals surface area contributed by atoms with Gasteiger partial charge in [-0.2, -0.15) is 0 Å². The topological polar surface area (TPSA) is 89.5 Å². The zero-order valence-corrected chi connectivity index (χ0v) is 14.0. The van der Waals surface area contributed by atoms with Crippen LogP contribution in [0.25, 0.3) is 0 Å². The molecule has 60 valence electrons. The Balaban J connectivity index is -0.0000000483. The summed E-state index contributed by atoms with van der Waals surface area (Å²) in [6, 6.07) is 0. The largest absolute Gasteiger partial charge is 1.00 e. The van der Waals surface area contributed by atoms with Crippen molar-refractivity contribution in [2.24, 2.45) is 0 Å². The van der Waals surface area contributed by atoms with Crippen molar-refractivity contribution in [1.29, 1.82) is 0 Å². The summed E-state index contributed by atoms with van der Waals surface area (Å²) >= 11 is 0. The SMILES string of the molecule is CCC(=O)OC.O=C([O-])[O-].[K+].[K+]. The van der Waals surface area contributed by atoms with Gasteiger partial charge in [0.15, 0.2) is 0 Å². The quantitative estimate of drug-likeness (QED) is 0.327. The van der Waals surface area contributed by atoms with Crippen LogP contribution >= 0.6 is 0 Å². The van der Waals surface area contributed by atoms with Gasteiger partial charge in [-0.05, 0) is 6.16 Å².